The molecule has 0 saturated carbocycles. The zero-order valence-electron chi connectivity index (χ0n) is 20.2. The van der Waals surface area contributed by atoms with E-state index in [0.717, 1.165) is 26.0 Å². The van der Waals surface area contributed by atoms with Gasteiger partial charge in [-0.15, -0.1) is 0 Å². The number of hydrogen-bond acceptors (Lipinski definition) is 4. The molecule has 0 radical (unpaired) electrons. The van der Waals surface area contributed by atoms with E-state index < -0.39 is 5.92 Å². The molecule has 1 aliphatic heterocycles. The van der Waals surface area contributed by atoms with E-state index in [1.165, 1.54) is 0 Å². The molecule has 4 rings (SSSR count). The van der Waals surface area contributed by atoms with E-state index in [0.29, 0.717) is 55.1 Å². The van der Waals surface area contributed by atoms with Crippen LogP contribution in [0.3, 0.4) is 0 Å². The summed E-state index contributed by atoms with van der Waals surface area (Å²) < 4.78 is 14.3. The van der Waals surface area contributed by atoms with Gasteiger partial charge in [0, 0.05) is 46.9 Å². The van der Waals surface area contributed by atoms with E-state index in [1.807, 2.05) is 12.1 Å². The van der Waals surface area contributed by atoms with Crippen LogP contribution in [0.4, 0.5) is 0 Å². The fraction of sp³-hybridized carbons (Fsp3) is 0.556. The normalized spacial score (nSPS) is 22.3. The van der Waals surface area contributed by atoms with Crippen molar-refractivity contribution in [2.24, 2.45) is 16.7 Å². The summed E-state index contributed by atoms with van der Waals surface area (Å²) in [6.45, 7) is 13.1. The van der Waals surface area contributed by atoms with Crippen LogP contribution in [0.15, 0.2) is 43.7 Å². The Morgan fingerprint density at radius 1 is 0.939 bits per heavy atom. The summed E-state index contributed by atoms with van der Waals surface area (Å²) in [7, 11) is 0. The maximum Gasteiger partial charge on any atom is 0.163 e. The summed E-state index contributed by atoms with van der Waals surface area (Å²) in [5, 5.41) is 0. The Labute approximate surface area is 213 Å². The van der Waals surface area contributed by atoms with Gasteiger partial charge in [0.1, 0.15) is 17.3 Å². The predicted octanol–water partition coefficient (Wildman–Crippen LogP) is 7.65. The highest BCUT2D eigenvalue weighted by Gasteiger charge is 2.48. The minimum Gasteiger partial charge on any atom is -0.492 e. The molecule has 0 amide bonds. The van der Waals surface area contributed by atoms with E-state index in [2.05, 4.69) is 73.4 Å². The zero-order valence-corrected chi connectivity index (χ0v) is 23.4. The largest absolute Gasteiger partial charge is 0.492 e. The van der Waals surface area contributed by atoms with E-state index in [1.54, 1.807) is 0 Å². The lowest BCUT2D eigenvalue weighted by Crippen LogP contribution is -2.37. The Morgan fingerprint density at radius 3 is 1.94 bits per heavy atom. The van der Waals surface area contributed by atoms with Crippen LogP contribution in [0, 0.1) is 16.7 Å². The number of allylic oxidation sites excluding steroid dienone is 4. The number of carbonyl (C=O) groups is 2. The molecule has 0 spiro atoms. The zero-order chi connectivity index (χ0) is 24.3. The highest BCUT2D eigenvalue weighted by molar-refractivity contribution is 9.11. The molecule has 0 unspecified atom stereocenters. The third-order valence-corrected chi connectivity index (χ3v) is 7.54. The van der Waals surface area contributed by atoms with Crippen LogP contribution in [0.1, 0.15) is 78.7 Å². The molecular formula is C27H32Br2O4. The first-order valence-corrected chi connectivity index (χ1v) is 13.2. The molecule has 0 fully saturated rings. The number of ether oxygens (including phenoxy) is 2. The first kappa shape index (κ1) is 24.7. The highest BCUT2D eigenvalue weighted by Crippen LogP contribution is 2.55. The molecule has 0 bridgehead atoms. The first-order chi connectivity index (χ1) is 15.3. The lowest BCUT2D eigenvalue weighted by atomic mass is 9.65. The maximum absolute atomic E-state index is 13.5. The van der Waals surface area contributed by atoms with E-state index in [9.17, 15) is 9.59 Å². The van der Waals surface area contributed by atoms with Crippen molar-refractivity contribution in [1.29, 1.82) is 0 Å². The Bertz CT molecular complexity index is 1040. The summed E-state index contributed by atoms with van der Waals surface area (Å²) in [5.74, 6) is 2.09. The Morgan fingerprint density at radius 2 is 1.45 bits per heavy atom. The van der Waals surface area contributed by atoms with Crippen molar-refractivity contribution >= 4 is 43.4 Å². The van der Waals surface area contributed by atoms with Crippen molar-refractivity contribution in [3.8, 4) is 5.75 Å². The van der Waals surface area contributed by atoms with Gasteiger partial charge in [-0.05, 0) is 44.8 Å². The molecule has 4 nitrogen and oxygen atoms in total. The lowest BCUT2D eigenvalue weighted by molar-refractivity contribution is -0.120. The van der Waals surface area contributed by atoms with E-state index in [4.69, 9.17) is 9.47 Å². The molecule has 1 aromatic rings. The lowest BCUT2D eigenvalue weighted by Gasteiger charge is -2.43. The second-order valence-corrected chi connectivity index (χ2v) is 13.4. The van der Waals surface area contributed by atoms with Gasteiger partial charge in [-0.1, -0.05) is 57.5 Å². The van der Waals surface area contributed by atoms with Gasteiger partial charge in [-0.25, -0.2) is 0 Å². The molecule has 1 aromatic carbocycles. The molecule has 2 aliphatic carbocycles. The molecule has 1 heterocycles. The van der Waals surface area contributed by atoms with Crippen LogP contribution in [-0.2, 0) is 14.3 Å². The average molecular weight is 580 g/mol. The summed E-state index contributed by atoms with van der Waals surface area (Å²) in [6.07, 6.45) is 2.22. The quantitative estimate of drug-likeness (QED) is 0.367. The predicted molar refractivity (Wildman–Crippen MR) is 136 cm³/mol. The van der Waals surface area contributed by atoms with Gasteiger partial charge in [-0.3, -0.25) is 9.59 Å². The van der Waals surface area contributed by atoms with Crippen LogP contribution in [0.2, 0.25) is 0 Å². The molecule has 0 atom stereocenters. The summed E-state index contributed by atoms with van der Waals surface area (Å²) in [4.78, 5) is 27.1. The van der Waals surface area contributed by atoms with E-state index >= 15 is 0 Å². The average Bonchev–Trinajstić information content (AvgIpc) is 2.62. The first-order valence-electron chi connectivity index (χ1n) is 11.6. The number of rotatable bonds is 4. The van der Waals surface area contributed by atoms with Gasteiger partial charge in [0.15, 0.2) is 11.6 Å². The third kappa shape index (κ3) is 4.88. The fourth-order valence-corrected chi connectivity index (χ4v) is 6.56. The van der Waals surface area contributed by atoms with Crippen LogP contribution < -0.4 is 4.74 Å². The van der Waals surface area contributed by atoms with Crippen LogP contribution in [0.5, 0.6) is 5.75 Å². The molecule has 3 aliphatic rings. The van der Waals surface area contributed by atoms with Gasteiger partial charge in [-0.2, -0.15) is 0 Å². The van der Waals surface area contributed by atoms with Crippen molar-refractivity contribution in [3.63, 3.8) is 0 Å². The molecule has 0 N–H and O–H groups in total. The van der Waals surface area contributed by atoms with Gasteiger partial charge in [0.25, 0.3) is 0 Å². The summed E-state index contributed by atoms with van der Waals surface area (Å²) in [6, 6.07) is 3.94. The second-order valence-electron chi connectivity index (χ2n) is 11.6. The van der Waals surface area contributed by atoms with Crippen LogP contribution in [0.25, 0.3) is 0 Å². The fourth-order valence-electron chi connectivity index (χ4n) is 5.18. The Balaban J connectivity index is 1.96. The Kier molecular flexibility index (Phi) is 6.50. The second kappa shape index (κ2) is 8.67. The van der Waals surface area contributed by atoms with Crippen LogP contribution >= 0.6 is 31.9 Å². The van der Waals surface area contributed by atoms with E-state index in [-0.39, 0.29) is 22.4 Å². The van der Waals surface area contributed by atoms with Gasteiger partial charge in [0.2, 0.25) is 0 Å². The number of carbonyl (C=O) groups excluding carboxylic acids is 2. The van der Waals surface area contributed by atoms with Gasteiger partial charge in [0.05, 0.1) is 17.0 Å². The van der Waals surface area contributed by atoms with Crippen molar-refractivity contribution in [1.82, 2.24) is 0 Å². The highest BCUT2D eigenvalue weighted by atomic mass is 79.9. The monoisotopic (exact) mass is 578 g/mol. The Hall–Kier alpha value is -1.40. The number of Topliss-reactive ketones (excluding diaryl/α,β-unsaturated/α-hetero) is 2. The minimum atomic E-state index is -0.480. The minimum absolute atomic E-state index is 0.0568. The number of hydrogen-bond donors (Lipinski definition) is 0. The summed E-state index contributed by atoms with van der Waals surface area (Å²) >= 11 is 7.29. The molecule has 0 aromatic heterocycles. The molecule has 33 heavy (non-hydrogen) atoms. The topological polar surface area (TPSA) is 52.6 Å². The standard InChI is InChI=1S/C27H32Br2O4/c1-14(2)13-32-25-16(7-15(28)8-17(25)29)22-23-18(30)9-26(3,4)11-20(23)33-21-12-27(5,6)10-19(31)24(21)22/h7-8,14,22H,9-13H2,1-6H3. The molecular weight excluding hydrogens is 548 g/mol. The molecule has 178 valence electrons. The third-order valence-electron chi connectivity index (χ3n) is 6.49. The smallest absolute Gasteiger partial charge is 0.163 e. The van der Waals surface area contributed by atoms with Crippen molar-refractivity contribution in [2.45, 2.75) is 73.1 Å². The van der Waals surface area contributed by atoms with Gasteiger partial charge < -0.3 is 9.47 Å². The maximum atomic E-state index is 13.5. The number of halogens is 2. The SMILES string of the molecule is CC(C)COc1c(Br)cc(Br)cc1C1C2=C(CC(C)(C)CC2=O)OC2=C1C(=O)CC(C)(C)C2. The number of ketones is 2. The van der Waals surface area contributed by atoms with Gasteiger partial charge >= 0.3 is 0 Å². The van der Waals surface area contributed by atoms with Crippen LogP contribution in [-0.4, -0.2) is 18.2 Å². The summed E-state index contributed by atoms with van der Waals surface area (Å²) in [5.41, 5.74) is 1.73. The van der Waals surface area contributed by atoms with Crippen molar-refractivity contribution in [2.75, 3.05) is 6.61 Å². The molecule has 0 saturated heterocycles. The number of benzene rings is 1. The van der Waals surface area contributed by atoms with Crippen molar-refractivity contribution < 1.29 is 19.1 Å². The molecule has 6 heteroatoms. The van der Waals surface area contributed by atoms with Crippen molar-refractivity contribution in [3.05, 3.63) is 49.3 Å².